The lowest BCUT2D eigenvalue weighted by Gasteiger charge is -2.38. The number of aromatic nitrogens is 2. The van der Waals surface area contributed by atoms with Crippen molar-refractivity contribution in [3.63, 3.8) is 0 Å². The van der Waals surface area contributed by atoms with E-state index >= 15 is 0 Å². The molecule has 0 unspecified atom stereocenters. The van der Waals surface area contributed by atoms with Gasteiger partial charge in [-0.05, 0) is 55.8 Å². The second-order valence-corrected chi connectivity index (χ2v) is 10.7. The third-order valence-corrected chi connectivity index (χ3v) is 9.12. The molecule has 2 aromatic rings. The first-order valence-corrected chi connectivity index (χ1v) is 12.0. The second kappa shape index (κ2) is 7.75. The minimum Gasteiger partial charge on any atom is -0.431 e. The molecular weight excluding hydrogens is 396 g/mol. The molecule has 0 aliphatic carbocycles. The molecule has 0 amide bonds. The van der Waals surface area contributed by atoms with Gasteiger partial charge in [-0.15, -0.1) is 0 Å². The fourth-order valence-corrected chi connectivity index (χ4v) is 7.54. The van der Waals surface area contributed by atoms with Gasteiger partial charge in [0.1, 0.15) is 11.1 Å². The standard InChI is InChI=1S/C19H21FN5OPS/c1-14-17-18(25(23-14)13-5-10-21)22-19(15-6-8-16(20)9-7-15)26-27(17,28)24-11-3-2-4-12-24/h6-9H,2-5,11-13H2,1H3/t27-/m0/s1. The lowest BCUT2D eigenvalue weighted by Crippen LogP contribution is -2.35. The van der Waals surface area contributed by atoms with Gasteiger partial charge in [-0.2, -0.15) is 15.4 Å². The molecular formula is C19H21FN5OPS. The molecule has 6 nitrogen and oxygen atoms in total. The van der Waals surface area contributed by atoms with E-state index in [1.807, 2.05) is 6.92 Å². The van der Waals surface area contributed by atoms with E-state index in [-0.39, 0.29) is 5.82 Å². The van der Waals surface area contributed by atoms with Crippen molar-refractivity contribution in [1.82, 2.24) is 14.5 Å². The number of hydrogen-bond donors (Lipinski definition) is 0. The number of fused-ring (bicyclic) bond motifs is 1. The third kappa shape index (κ3) is 3.39. The van der Waals surface area contributed by atoms with Gasteiger partial charge < -0.3 is 4.52 Å². The van der Waals surface area contributed by atoms with Crippen molar-refractivity contribution in [3.05, 3.63) is 41.3 Å². The fourth-order valence-electron chi connectivity index (χ4n) is 3.64. The van der Waals surface area contributed by atoms with Crippen LogP contribution in [0.2, 0.25) is 0 Å². The molecule has 0 N–H and O–H groups in total. The second-order valence-electron chi connectivity index (χ2n) is 6.94. The first-order valence-electron chi connectivity index (χ1n) is 9.37. The van der Waals surface area contributed by atoms with Gasteiger partial charge in [-0.3, -0.25) is 0 Å². The summed E-state index contributed by atoms with van der Waals surface area (Å²) in [5, 5.41) is 14.5. The van der Waals surface area contributed by atoms with E-state index in [9.17, 15) is 4.39 Å². The van der Waals surface area contributed by atoms with E-state index in [2.05, 4.69) is 15.8 Å². The molecule has 1 aromatic carbocycles. The highest BCUT2D eigenvalue weighted by atomic mass is 32.4. The lowest BCUT2D eigenvalue weighted by molar-refractivity contribution is 0.345. The molecule has 0 bridgehead atoms. The van der Waals surface area contributed by atoms with Gasteiger partial charge >= 0.3 is 0 Å². The maximum Gasteiger partial charge on any atom is 0.227 e. The van der Waals surface area contributed by atoms with E-state index in [1.54, 1.807) is 16.8 Å². The molecule has 1 saturated heterocycles. The fraction of sp³-hybridized carbons (Fsp3) is 0.421. The molecule has 0 radical (unpaired) electrons. The summed E-state index contributed by atoms with van der Waals surface area (Å²) in [4.78, 5) is 4.71. The van der Waals surface area contributed by atoms with Gasteiger partial charge in [-0.1, -0.05) is 6.42 Å². The van der Waals surface area contributed by atoms with Crippen molar-refractivity contribution >= 4 is 35.2 Å². The number of hydrogen-bond acceptors (Lipinski definition) is 5. The van der Waals surface area contributed by atoms with Crippen LogP contribution in [0.1, 0.15) is 36.9 Å². The number of aryl methyl sites for hydroxylation is 2. The van der Waals surface area contributed by atoms with Crippen molar-refractivity contribution in [2.24, 2.45) is 4.99 Å². The monoisotopic (exact) mass is 417 g/mol. The number of halogens is 1. The zero-order valence-corrected chi connectivity index (χ0v) is 17.3. The predicted molar refractivity (Wildman–Crippen MR) is 110 cm³/mol. The Labute approximate surface area is 168 Å². The van der Waals surface area contributed by atoms with Crippen LogP contribution in [0.3, 0.4) is 0 Å². The summed E-state index contributed by atoms with van der Waals surface area (Å²) < 4.78 is 23.8. The molecule has 0 spiro atoms. The molecule has 1 fully saturated rings. The molecule has 2 aliphatic rings. The molecule has 28 heavy (non-hydrogen) atoms. The topological polar surface area (TPSA) is 66.4 Å². The van der Waals surface area contributed by atoms with E-state index in [4.69, 9.17) is 26.6 Å². The summed E-state index contributed by atoms with van der Waals surface area (Å²) in [5.41, 5.74) is 1.49. The van der Waals surface area contributed by atoms with E-state index in [1.165, 1.54) is 18.6 Å². The summed E-state index contributed by atoms with van der Waals surface area (Å²) in [6.45, 7) is 4.14. The molecule has 0 saturated carbocycles. The zero-order chi connectivity index (χ0) is 19.7. The number of rotatable bonds is 4. The Morgan fingerprint density at radius 2 is 1.96 bits per heavy atom. The summed E-state index contributed by atoms with van der Waals surface area (Å²) in [6.07, 6.45) is 1.11. The molecule has 9 heteroatoms. The molecule has 146 valence electrons. The van der Waals surface area contributed by atoms with Gasteiger partial charge in [0.05, 0.1) is 24.7 Å². The number of nitrogens with zero attached hydrogens (tertiary/aromatic N) is 5. The van der Waals surface area contributed by atoms with Crippen molar-refractivity contribution < 1.29 is 8.91 Å². The van der Waals surface area contributed by atoms with Crippen LogP contribution in [0, 0.1) is 24.1 Å². The largest absolute Gasteiger partial charge is 0.431 e. The maximum atomic E-state index is 13.4. The molecule has 1 aromatic heterocycles. The molecule has 2 aliphatic heterocycles. The summed E-state index contributed by atoms with van der Waals surface area (Å²) in [6, 6.07) is 8.23. The van der Waals surface area contributed by atoms with Crippen molar-refractivity contribution in [1.29, 1.82) is 5.26 Å². The lowest BCUT2D eigenvalue weighted by atomic mass is 10.2. The minimum atomic E-state index is -2.59. The summed E-state index contributed by atoms with van der Waals surface area (Å²) in [5.74, 6) is 0.762. The van der Waals surface area contributed by atoms with Gasteiger partial charge in [0.15, 0.2) is 5.82 Å². The van der Waals surface area contributed by atoms with Crippen LogP contribution in [0.5, 0.6) is 0 Å². The quantitative estimate of drug-likeness (QED) is 0.709. The van der Waals surface area contributed by atoms with Crippen LogP contribution in [-0.2, 0) is 22.9 Å². The minimum absolute atomic E-state index is 0.314. The Bertz CT molecular complexity index is 1000. The molecule has 1 atom stereocenters. The Balaban J connectivity index is 1.85. The van der Waals surface area contributed by atoms with E-state index in [0.717, 1.165) is 36.9 Å². The molecule has 4 rings (SSSR count). The van der Waals surface area contributed by atoms with Crippen LogP contribution < -0.4 is 5.30 Å². The highest BCUT2D eigenvalue weighted by molar-refractivity contribution is 8.15. The average Bonchev–Trinajstić information content (AvgIpc) is 3.04. The van der Waals surface area contributed by atoms with Gasteiger partial charge in [0.25, 0.3) is 0 Å². The van der Waals surface area contributed by atoms with Crippen molar-refractivity contribution in [2.75, 3.05) is 13.1 Å². The van der Waals surface area contributed by atoms with Crippen molar-refractivity contribution in [3.8, 4) is 6.07 Å². The zero-order valence-electron chi connectivity index (χ0n) is 15.6. The Kier molecular flexibility index (Phi) is 5.33. The van der Waals surface area contributed by atoms with Gasteiger partial charge in [-0.25, -0.2) is 13.7 Å². The summed E-state index contributed by atoms with van der Waals surface area (Å²) >= 11 is 6.19. The highest BCUT2D eigenvalue weighted by Crippen LogP contribution is 2.56. The summed E-state index contributed by atoms with van der Waals surface area (Å²) in [7, 11) is 0. The number of nitriles is 1. The molecule has 3 heterocycles. The van der Waals surface area contributed by atoms with Crippen molar-refractivity contribution in [2.45, 2.75) is 39.2 Å². The van der Waals surface area contributed by atoms with Crippen LogP contribution in [-0.4, -0.2) is 33.4 Å². The van der Waals surface area contributed by atoms with Crippen LogP contribution in [0.15, 0.2) is 29.3 Å². The SMILES string of the molecule is Cc1nn(CCC#N)c2c1[P@](=S)(N1CCCCC1)OC(c1ccc(F)cc1)=N2. The van der Waals surface area contributed by atoms with Crippen LogP contribution >= 0.6 is 6.42 Å². The van der Waals surface area contributed by atoms with Crippen LogP contribution in [0.25, 0.3) is 0 Å². The maximum absolute atomic E-state index is 13.4. The normalized spacial score (nSPS) is 22.1. The number of aliphatic imine (C=N–C) groups is 1. The highest BCUT2D eigenvalue weighted by Gasteiger charge is 2.41. The van der Waals surface area contributed by atoms with E-state index in [0.29, 0.717) is 30.2 Å². The average molecular weight is 417 g/mol. The smallest absolute Gasteiger partial charge is 0.227 e. The first-order chi connectivity index (χ1) is 13.5. The Morgan fingerprint density at radius 1 is 1.25 bits per heavy atom. The number of benzene rings is 1. The third-order valence-electron chi connectivity index (χ3n) is 5.00. The van der Waals surface area contributed by atoms with Crippen LogP contribution in [0.4, 0.5) is 10.2 Å². The van der Waals surface area contributed by atoms with Gasteiger partial charge in [0, 0.05) is 18.7 Å². The predicted octanol–water partition coefficient (Wildman–Crippen LogP) is 3.77. The Hall–Kier alpha value is -2.07. The van der Waals surface area contributed by atoms with E-state index < -0.39 is 6.42 Å². The first kappa shape index (κ1) is 19.3. The van der Waals surface area contributed by atoms with Gasteiger partial charge in [0.2, 0.25) is 12.3 Å². The number of piperidine rings is 1. The Morgan fingerprint density at radius 3 is 2.64 bits per heavy atom.